The summed E-state index contributed by atoms with van der Waals surface area (Å²) in [5.41, 5.74) is 3.12. The van der Waals surface area contributed by atoms with E-state index >= 15 is 0 Å². The van der Waals surface area contributed by atoms with Gasteiger partial charge in [-0.1, -0.05) is 24.0 Å². The molecular weight excluding hydrogens is 561 g/mol. The fourth-order valence-corrected chi connectivity index (χ4v) is 5.31. The van der Waals surface area contributed by atoms with Gasteiger partial charge in [-0.05, 0) is 39.1 Å². The molecule has 230 valence electrons. The van der Waals surface area contributed by atoms with Crippen molar-refractivity contribution in [2.45, 2.75) is 25.8 Å². The van der Waals surface area contributed by atoms with Crippen molar-refractivity contribution in [1.29, 1.82) is 0 Å². The summed E-state index contributed by atoms with van der Waals surface area (Å²) < 4.78 is 19.8. The van der Waals surface area contributed by atoms with Gasteiger partial charge in [-0.25, -0.2) is 4.39 Å². The Kier molecular flexibility index (Phi) is 9.32. The molecule has 0 atom stereocenters. The molecule has 0 unspecified atom stereocenters. The summed E-state index contributed by atoms with van der Waals surface area (Å²) in [5, 5.41) is 9.10. The van der Waals surface area contributed by atoms with E-state index in [0.717, 1.165) is 38.4 Å². The summed E-state index contributed by atoms with van der Waals surface area (Å²) in [6.45, 7) is 8.90. The number of para-hydroxylation sites is 1. The standard InChI is InChI=1S/C33H38FN7O3/c1-33(2,39-27(42)9-6-16-41-19-17-40(3)18-20-41)13-10-22-21-35-14-11-23(22)29-30(28-25(37-29)12-15-36-32(28)43)38-26-8-5-7-24(34)31(26)44-4/h5-9,11,14,21,37-38H,12,15-20H2,1-4H3,(H,36,43)(H,39,42)/b9-6+. The smallest absolute Gasteiger partial charge is 0.255 e. The second kappa shape index (κ2) is 13.3. The summed E-state index contributed by atoms with van der Waals surface area (Å²) >= 11 is 0. The first-order chi connectivity index (χ1) is 21.1. The van der Waals surface area contributed by atoms with Crippen LogP contribution >= 0.6 is 0 Å². The molecule has 44 heavy (non-hydrogen) atoms. The van der Waals surface area contributed by atoms with Gasteiger partial charge in [0.25, 0.3) is 5.91 Å². The lowest BCUT2D eigenvalue weighted by Crippen LogP contribution is -2.44. The predicted octanol–water partition coefficient (Wildman–Crippen LogP) is 3.30. The van der Waals surface area contributed by atoms with Crippen LogP contribution in [-0.4, -0.2) is 90.5 Å². The summed E-state index contributed by atoms with van der Waals surface area (Å²) in [6, 6.07) is 6.37. The molecule has 0 saturated carbocycles. The molecule has 0 spiro atoms. The lowest BCUT2D eigenvalue weighted by molar-refractivity contribution is -0.117. The fraction of sp³-hybridized carbons (Fsp3) is 0.364. The van der Waals surface area contributed by atoms with Crippen molar-refractivity contribution in [3.63, 3.8) is 0 Å². The van der Waals surface area contributed by atoms with Gasteiger partial charge in [-0.3, -0.25) is 19.5 Å². The number of likely N-dealkylation sites (N-methyl/N-ethyl adjacent to an activating group) is 1. The van der Waals surface area contributed by atoms with Gasteiger partial charge >= 0.3 is 0 Å². The number of halogens is 1. The molecule has 1 fully saturated rings. The Labute approximate surface area is 257 Å². The van der Waals surface area contributed by atoms with E-state index in [2.05, 4.69) is 54.6 Å². The Bertz CT molecular complexity index is 1630. The number of rotatable bonds is 8. The highest BCUT2D eigenvalue weighted by Gasteiger charge is 2.28. The van der Waals surface area contributed by atoms with E-state index < -0.39 is 11.4 Å². The number of H-pyrrole nitrogens is 1. The van der Waals surface area contributed by atoms with Crippen LogP contribution in [0.25, 0.3) is 11.3 Å². The van der Waals surface area contributed by atoms with Crippen molar-refractivity contribution in [2.75, 3.05) is 58.7 Å². The summed E-state index contributed by atoms with van der Waals surface area (Å²) in [6.07, 6.45) is 7.33. The van der Waals surface area contributed by atoms with Crippen molar-refractivity contribution >= 4 is 23.2 Å². The highest BCUT2D eigenvalue weighted by molar-refractivity contribution is 6.06. The fourth-order valence-electron chi connectivity index (χ4n) is 5.31. The Morgan fingerprint density at radius 2 is 2.02 bits per heavy atom. The number of carbonyl (C=O) groups excluding carboxylic acids is 2. The van der Waals surface area contributed by atoms with Crippen LogP contribution in [0.3, 0.4) is 0 Å². The number of anilines is 2. The third kappa shape index (κ3) is 7.10. The Morgan fingerprint density at radius 1 is 1.23 bits per heavy atom. The maximum Gasteiger partial charge on any atom is 0.255 e. The van der Waals surface area contributed by atoms with E-state index in [-0.39, 0.29) is 17.6 Å². The normalized spacial score (nSPS) is 15.7. The molecule has 11 heteroatoms. The lowest BCUT2D eigenvalue weighted by atomic mass is 10.0. The molecule has 0 radical (unpaired) electrons. The van der Waals surface area contributed by atoms with Gasteiger partial charge in [-0.2, -0.15) is 0 Å². The van der Waals surface area contributed by atoms with E-state index in [1.807, 2.05) is 19.9 Å². The molecule has 5 rings (SSSR count). The van der Waals surface area contributed by atoms with Crippen molar-refractivity contribution in [2.24, 2.45) is 0 Å². The second-order valence-electron chi connectivity index (χ2n) is 11.5. The number of benzene rings is 1. The van der Waals surface area contributed by atoms with Crippen molar-refractivity contribution in [1.82, 2.24) is 30.4 Å². The van der Waals surface area contributed by atoms with Crippen LogP contribution in [0, 0.1) is 17.7 Å². The largest absolute Gasteiger partial charge is 0.492 e. The molecule has 1 aromatic carbocycles. The first kappa shape index (κ1) is 30.8. The van der Waals surface area contributed by atoms with Crippen LogP contribution in [0.2, 0.25) is 0 Å². The van der Waals surface area contributed by atoms with E-state index in [0.29, 0.717) is 46.7 Å². The van der Waals surface area contributed by atoms with Crippen LogP contribution in [-0.2, 0) is 11.2 Å². The number of fused-ring (bicyclic) bond motifs is 1. The molecule has 3 aromatic rings. The zero-order chi connectivity index (χ0) is 31.3. The monoisotopic (exact) mass is 599 g/mol. The Morgan fingerprint density at radius 3 is 2.80 bits per heavy atom. The summed E-state index contributed by atoms with van der Waals surface area (Å²) in [7, 11) is 3.51. The van der Waals surface area contributed by atoms with Gasteiger partial charge in [-0.15, -0.1) is 0 Å². The van der Waals surface area contributed by atoms with Crippen molar-refractivity contribution < 1.29 is 18.7 Å². The van der Waals surface area contributed by atoms with E-state index in [1.54, 1.807) is 36.7 Å². The van der Waals surface area contributed by atoms with Gasteiger partial charge in [0.15, 0.2) is 11.6 Å². The minimum atomic E-state index is -0.840. The Balaban J connectivity index is 1.40. The molecule has 1 saturated heterocycles. The van der Waals surface area contributed by atoms with E-state index in [9.17, 15) is 14.0 Å². The third-order valence-corrected chi connectivity index (χ3v) is 7.66. The first-order valence-electron chi connectivity index (χ1n) is 14.6. The number of amides is 2. The van der Waals surface area contributed by atoms with Crippen molar-refractivity contribution in [3.05, 3.63) is 71.4 Å². The number of nitrogens with zero attached hydrogens (tertiary/aromatic N) is 3. The molecule has 0 bridgehead atoms. The quantitative estimate of drug-likeness (QED) is 0.232. The number of aromatic nitrogens is 2. The average Bonchev–Trinajstić information content (AvgIpc) is 3.36. The molecule has 4 heterocycles. The van der Waals surface area contributed by atoms with Crippen LogP contribution in [0.15, 0.2) is 48.8 Å². The van der Waals surface area contributed by atoms with E-state index in [4.69, 9.17) is 4.74 Å². The molecule has 10 nitrogen and oxygen atoms in total. The minimum Gasteiger partial charge on any atom is -0.492 e. The molecule has 2 aliphatic rings. The van der Waals surface area contributed by atoms with Crippen molar-refractivity contribution in [3.8, 4) is 28.8 Å². The zero-order valence-corrected chi connectivity index (χ0v) is 25.5. The molecular formula is C33H38FN7O3. The van der Waals surface area contributed by atoms with Gasteiger partial charge in [0.2, 0.25) is 5.91 Å². The number of hydrogen-bond acceptors (Lipinski definition) is 7. The topological polar surface area (TPSA) is 115 Å². The number of hydrogen-bond donors (Lipinski definition) is 4. The van der Waals surface area contributed by atoms with Gasteiger partial charge in [0.1, 0.15) is 0 Å². The maximum absolute atomic E-state index is 14.5. The molecule has 2 aromatic heterocycles. The predicted molar refractivity (Wildman–Crippen MR) is 168 cm³/mol. The van der Waals surface area contributed by atoms with Gasteiger partial charge in [0.05, 0.1) is 40.8 Å². The highest BCUT2D eigenvalue weighted by Crippen LogP contribution is 2.40. The maximum atomic E-state index is 14.5. The number of carbonyl (C=O) groups is 2. The number of aromatic amines is 1. The minimum absolute atomic E-state index is 0.0365. The van der Waals surface area contributed by atoms with Crippen LogP contribution in [0.5, 0.6) is 5.75 Å². The van der Waals surface area contributed by atoms with E-state index in [1.165, 1.54) is 13.2 Å². The second-order valence-corrected chi connectivity index (χ2v) is 11.5. The zero-order valence-electron chi connectivity index (χ0n) is 25.5. The molecule has 4 N–H and O–H groups in total. The van der Waals surface area contributed by atoms with Gasteiger partial charge < -0.3 is 30.6 Å². The summed E-state index contributed by atoms with van der Waals surface area (Å²) in [4.78, 5) is 38.0. The molecule has 0 aliphatic carbocycles. The number of ether oxygens (including phenoxy) is 1. The summed E-state index contributed by atoms with van der Waals surface area (Å²) in [5.74, 6) is 5.41. The van der Waals surface area contributed by atoms with Crippen LogP contribution < -0.4 is 20.7 Å². The van der Waals surface area contributed by atoms with Crippen LogP contribution in [0.4, 0.5) is 15.8 Å². The Hall–Kier alpha value is -4.66. The SMILES string of the molecule is COc1c(F)cccc1Nc1c(-c2ccncc2C#CC(C)(C)NC(=O)/C=C/CN2CCN(C)CC2)[nH]c2c1C(=O)NCC2. The molecule has 2 aliphatic heterocycles. The molecule has 2 amide bonds. The average molecular weight is 600 g/mol. The van der Waals surface area contributed by atoms with Gasteiger partial charge in [0, 0.05) is 75.4 Å². The highest BCUT2D eigenvalue weighted by atomic mass is 19.1. The number of methoxy groups -OCH3 is 1. The number of piperazine rings is 1. The number of nitrogens with one attached hydrogen (secondary N) is 4. The van der Waals surface area contributed by atoms with Crippen LogP contribution in [0.1, 0.15) is 35.5 Å². The third-order valence-electron chi connectivity index (χ3n) is 7.66. The lowest BCUT2D eigenvalue weighted by Gasteiger charge is -2.31. The first-order valence-corrected chi connectivity index (χ1v) is 14.6. The number of pyridine rings is 1.